The highest BCUT2D eigenvalue weighted by atomic mass is 19.1. The monoisotopic (exact) mass is 621 g/mol. The maximum atomic E-state index is 14.6. The molecule has 10 rings (SSSR count). The van der Waals surface area contributed by atoms with Crippen molar-refractivity contribution in [3.8, 4) is 22.3 Å². The van der Waals surface area contributed by atoms with Gasteiger partial charge in [0.15, 0.2) is 0 Å². The lowest BCUT2D eigenvalue weighted by atomic mass is 9.61. The summed E-state index contributed by atoms with van der Waals surface area (Å²) in [5.41, 5.74) is 8.44. The number of fused-ring (bicyclic) bond motifs is 4. The largest absolute Gasteiger partial charge is 0.334 e. The molecule has 1 saturated carbocycles. The van der Waals surface area contributed by atoms with E-state index < -0.39 is 0 Å². The molecule has 1 nitrogen and oxygen atoms in total. The van der Waals surface area contributed by atoms with Gasteiger partial charge in [-0.2, -0.15) is 0 Å². The van der Waals surface area contributed by atoms with Gasteiger partial charge in [0.05, 0.1) is 5.54 Å². The SMILES string of the molecule is CC12CCCCC1(C)N(c1cccc(F)c1)c1ccc(-c3ccc4ccc5c(-c6cccc7ccccc67)ccc6ccc3c4c65)cc12. The fourth-order valence-electron chi connectivity index (χ4n) is 9.67. The van der Waals surface area contributed by atoms with Gasteiger partial charge in [0.1, 0.15) is 5.82 Å². The zero-order valence-electron chi connectivity index (χ0n) is 27.4. The second kappa shape index (κ2) is 9.90. The summed E-state index contributed by atoms with van der Waals surface area (Å²) in [6, 6.07) is 48.0. The highest BCUT2D eigenvalue weighted by Gasteiger charge is 2.57. The lowest BCUT2D eigenvalue weighted by Gasteiger charge is -2.50. The molecule has 0 saturated heterocycles. The average Bonchev–Trinajstić information content (AvgIpc) is 3.33. The van der Waals surface area contributed by atoms with Crippen molar-refractivity contribution in [2.45, 2.75) is 50.5 Å². The third kappa shape index (κ3) is 3.66. The van der Waals surface area contributed by atoms with Gasteiger partial charge in [-0.1, -0.05) is 123 Å². The quantitative estimate of drug-likeness (QED) is 0.177. The molecule has 8 aromatic carbocycles. The Balaban J connectivity index is 1.19. The standard InChI is InChI=1S/C46H36FN/c1-45-25-5-6-26-46(45,2)48(34-12-8-11-33(47)28-34)42-24-19-32(27-41(42)45)36-20-15-30-18-23-40-38(21-16-31-17-22-39(36)43(30)44(31)40)37-14-7-10-29-9-3-4-13-35(29)37/h3-4,7-24,27-28H,5-6,25-26H2,1-2H3. The second-order valence-corrected chi connectivity index (χ2v) is 14.5. The number of nitrogens with zero attached hydrogens (tertiary/aromatic N) is 1. The molecular weight excluding hydrogens is 586 g/mol. The molecule has 0 radical (unpaired) electrons. The third-order valence-electron chi connectivity index (χ3n) is 12.2. The van der Waals surface area contributed by atoms with Crippen molar-refractivity contribution in [3.05, 3.63) is 145 Å². The number of hydrogen-bond acceptors (Lipinski definition) is 1. The molecule has 1 heterocycles. The smallest absolute Gasteiger partial charge is 0.125 e. The molecule has 0 bridgehead atoms. The van der Waals surface area contributed by atoms with Crippen LogP contribution in [0.2, 0.25) is 0 Å². The molecule has 0 aromatic heterocycles. The fraction of sp³-hybridized carbons (Fsp3) is 0.174. The maximum Gasteiger partial charge on any atom is 0.125 e. The van der Waals surface area contributed by atoms with Crippen LogP contribution < -0.4 is 4.90 Å². The number of benzene rings is 8. The van der Waals surface area contributed by atoms with Crippen molar-refractivity contribution >= 4 is 54.5 Å². The number of rotatable bonds is 3. The van der Waals surface area contributed by atoms with Gasteiger partial charge >= 0.3 is 0 Å². The second-order valence-electron chi connectivity index (χ2n) is 14.5. The Morgan fingerprint density at radius 2 is 1.21 bits per heavy atom. The van der Waals surface area contributed by atoms with E-state index in [9.17, 15) is 4.39 Å². The molecule has 2 unspecified atom stereocenters. The summed E-state index contributed by atoms with van der Waals surface area (Å²) in [5.74, 6) is -0.184. The Kier molecular flexibility index (Phi) is 5.75. The van der Waals surface area contributed by atoms with E-state index in [1.165, 1.54) is 89.4 Å². The summed E-state index contributed by atoms with van der Waals surface area (Å²) < 4.78 is 14.6. The minimum absolute atomic E-state index is 0.0416. The van der Waals surface area contributed by atoms with Crippen molar-refractivity contribution in [2.75, 3.05) is 4.90 Å². The molecule has 1 aliphatic heterocycles. The van der Waals surface area contributed by atoms with Crippen LogP contribution in [0.25, 0.3) is 65.3 Å². The van der Waals surface area contributed by atoms with Crippen LogP contribution >= 0.6 is 0 Å². The third-order valence-corrected chi connectivity index (χ3v) is 12.2. The number of hydrogen-bond donors (Lipinski definition) is 0. The normalized spacial score (nSPS) is 20.6. The van der Waals surface area contributed by atoms with E-state index in [0.717, 1.165) is 18.5 Å². The van der Waals surface area contributed by atoms with Gasteiger partial charge in [-0.15, -0.1) is 0 Å². The summed E-state index contributed by atoms with van der Waals surface area (Å²) in [4.78, 5) is 2.45. The van der Waals surface area contributed by atoms with Crippen molar-refractivity contribution in [3.63, 3.8) is 0 Å². The van der Waals surface area contributed by atoms with Crippen LogP contribution in [0.15, 0.2) is 133 Å². The lowest BCUT2D eigenvalue weighted by Crippen LogP contribution is -2.54. The topological polar surface area (TPSA) is 3.24 Å². The Morgan fingerprint density at radius 3 is 2.02 bits per heavy atom. The summed E-state index contributed by atoms with van der Waals surface area (Å²) in [6.07, 6.45) is 4.61. The van der Waals surface area contributed by atoms with Gasteiger partial charge in [0.2, 0.25) is 0 Å². The number of anilines is 2. The Hall–Kier alpha value is -5.21. The first-order valence-electron chi connectivity index (χ1n) is 17.3. The molecule has 2 heteroatoms. The Morgan fingerprint density at radius 1 is 0.542 bits per heavy atom. The molecule has 0 spiro atoms. The Bertz CT molecular complexity index is 2580. The van der Waals surface area contributed by atoms with Crippen molar-refractivity contribution in [2.24, 2.45) is 0 Å². The van der Waals surface area contributed by atoms with E-state index >= 15 is 0 Å². The zero-order chi connectivity index (χ0) is 32.2. The molecule has 1 fully saturated rings. The maximum absolute atomic E-state index is 14.6. The first-order chi connectivity index (χ1) is 23.4. The van der Waals surface area contributed by atoms with Crippen molar-refractivity contribution in [1.29, 1.82) is 0 Å². The summed E-state index contributed by atoms with van der Waals surface area (Å²) in [6.45, 7) is 4.85. The van der Waals surface area contributed by atoms with Crippen LogP contribution in [0.4, 0.5) is 15.8 Å². The highest BCUT2D eigenvalue weighted by molar-refractivity contribution is 6.28. The molecular formula is C46H36FN. The summed E-state index contributed by atoms with van der Waals surface area (Å²) in [5, 5.41) is 10.3. The van der Waals surface area contributed by atoms with Gasteiger partial charge in [-0.25, -0.2) is 4.39 Å². The van der Waals surface area contributed by atoms with Crippen molar-refractivity contribution < 1.29 is 4.39 Å². The molecule has 8 aromatic rings. The van der Waals surface area contributed by atoms with Crippen LogP contribution in [0, 0.1) is 5.82 Å². The van der Waals surface area contributed by atoms with Gasteiger partial charge in [0, 0.05) is 16.8 Å². The van der Waals surface area contributed by atoms with Gasteiger partial charge in [-0.3, -0.25) is 0 Å². The first-order valence-corrected chi connectivity index (χ1v) is 17.3. The van der Waals surface area contributed by atoms with Crippen LogP contribution in [-0.4, -0.2) is 5.54 Å². The average molecular weight is 622 g/mol. The number of halogens is 1. The molecule has 0 N–H and O–H groups in total. The molecule has 2 aliphatic rings. The van der Waals surface area contributed by atoms with Crippen LogP contribution in [0.3, 0.4) is 0 Å². The minimum atomic E-state index is -0.184. The van der Waals surface area contributed by atoms with Crippen LogP contribution in [-0.2, 0) is 5.41 Å². The van der Waals surface area contributed by atoms with E-state index in [1.807, 2.05) is 6.07 Å². The van der Waals surface area contributed by atoms with Crippen LogP contribution in [0.1, 0.15) is 45.1 Å². The van der Waals surface area contributed by atoms with E-state index in [-0.39, 0.29) is 16.8 Å². The summed E-state index contributed by atoms with van der Waals surface area (Å²) in [7, 11) is 0. The predicted molar refractivity (Wildman–Crippen MR) is 201 cm³/mol. The lowest BCUT2D eigenvalue weighted by molar-refractivity contribution is 0.195. The molecule has 1 aliphatic carbocycles. The van der Waals surface area contributed by atoms with Gasteiger partial charge in [-0.05, 0) is 121 Å². The molecule has 0 amide bonds. The minimum Gasteiger partial charge on any atom is -0.334 e. The van der Waals surface area contributed by atoms with E-state index in [4.69, 9.17) is 0 Å². The van der Waals surface area contributed by atoms with Crippen molar-refractivity contribution in [1.82, 2.24) is 0 Å². The predicted octanol–water partition coefficient (Wildman–Crippen LogP) is 13.0. The molecule has 2 atom stereocenters. The van der Waals surface area contributed by atoms with E-state index in [0.29, 0.717) is 0 Å². The highest BCUT2D eigenvalue weighted by Crippen LogP contribution is 2.61. The van der Waals surface area contributed by atoms with E-state index in [2.05, 4.69) is 134 Å². The first kappa shape index (κ1) is 27.9. The zero-order valence-corrected chi connectivity index (χ0v) is 27.4. The van der Waals surface area contributed by atoms with Gasteiger partial charge in [0.25, 0.3) is 0 Å². The molecule has 232 valence electrons. The van der Waals surface area contributed by atoms with Gasteiger partial charge < -0.3 is 4.90 Å². The molecule has 48 heavy (non-hydrogen) atoms. The summed E-state index contributed by atoms with van der Waals surface area (Å²) >= 11 is 0. The van der Waals surface area contributed by atoms with E-state index in [1.54, 1.807) is 12.1 Å². The Labute approximate surface area is 280 Å². The fourth-order valence-corrected chi connectivity index (χ4v) is 9.67. The van der Waals surface area contributed by atoms with Crippen LogP contribution in [0.5, 0.6) is 0 Å².